The van der Waals surface area contributed by atoms with Crippen molar-refractivity contribution in [3.8, 4) is 5.75 Å². The monoisotopic (exact) mass is 1440 g/mol. The Balaban J connectivity index is 0.979. The molecule has 38 nitrogen and oxygen atoms in total. The fraction of sp³-hybridized carbons (Fsp3) is 0.562. The van der Waals surface area contributed by atoms with E-state index in [4.69, 9.17) is 39.9 Å². The van der Waals surface area contributed by atoms with Crippen LogP contribution in [0.5, 0.6) is 5.75 Å². The maximum absolute atomic E-state index is 15.2. The predicted octanol–water partition coefficient (Wildman–Crippen LogP) is -14.9. The summed E-state index contributed by atoms with van der Waals surface area (Å²) in [6.45, 7) is -3.15. The third-order valence-corrected chi connectivity index (χ3v) is 18.4. The highest BCUT2D eigenvalue weighted by molar-refractivity contribution is 5.97. The molecule has 3 fully saturated rings. The van der Waals surface area contributed by atoms with Crippen LogP contribution in [0.4, 0.5) is 5.69 Å². The molecule has 0 saturated carbocycles. The fourth-order valence-electron chi connectivity index (χ4n) is 12.4. The standard InChI is InChI=1S/C64H89N13O25/c1-27(30-7-5-4-6-8-30)41-57(94)70-33(19-29-11-15-32(16-12-29)98-61-53(91)50(88)54(38(25-80)100-61)102-62-52(90)49(87)47(85)39(101-62)26-97-18-17-28-9-13-31(14-10-28)76(2)3)56(93)74-42(44(82)34-20-68-63(65)72-34)59(96)75-43(58(95)71-35(23-78)55(92)67-22-40(81)73-41)45(83)36-21-69-64(66)77(36)60-51(89)48(86)46(84)37(24-79)99-60/h4-18,27,33-39,41-54,60-62,78-80,82-91H,19-26H2,1-3H3,(H11,65,66,67,68,69,70,71,72,73,74,75,81,92,93,94,95,96)/p+2/b18-17-/t27-,33-,34+,35?,36+,37+,38-,39+,41-,42+,43-,44-,45-,46+,47+,48+,49+,50+,51+,52+,53-,54-,60-,61+,62+/m1/s1. The summed E-state index contributed by atoms with van der Waals surface area (Å²) < 4.78 is 35.8. The Kier molecular flexibility index (Phi) is 26.4. The fourth-order valence-corrected chi connectivity index (χ4v) is 12.4. The number of nitrogens with zero attached hydrogens (tertiary/aromatic N) is 3. The van der Waals surface area contributed by atoms with Gasteiger partial charge >= 0.3 is 17.8 Å². The number of hydrogen-bond donors (Lipinski definition) is 24. The molecule has 38 heteroatoms. The van der Waals surface area contributed by atoms with Crippen LogP contribution in [0.3, 0.4) is 0 Å². The van der Waals surface area contributed by atoms with E-state index in [1.165, 1.54) is 30.5 Å². The van der Waals surface area contributed by atoms with Gasteiger partial charge in [0.15, 0.2) is 18.9 Å². The molecule has 0 radical (unpaired) electrons. The van der Waals surface area contributed by atoms with Crippen LogP contribution in [0, 0.1) is 0 Å². The lowest BCUT2D eigenvalue weighted by Crippen LogP contribution is -2.80. The molecule has 0 aromatic heterocycles. The van der Waals surface area contributed by atoms with Crippen molar-refractivity contribution in [2.75, 3.05) is 65.1 Å². The average molecular weight is 1440 g/mol. The highest BCUT2D eigenvalue weighted by Crippen LogP contribution is 2.32. The van der Waals surface area contributed by atoms with Crippen LogP contribution >= 0.6 is 0 Å². The molecule has 0 bridgehead atoms. The molecule has 4 amide bonds. The van der Waals surface area contributed by atoms with Gasteiger partial charge in [0.2, 0.25) is 36.1 Å². The second-order valence-corrected chi connectivity index (χ2v) is 25.6. The van der Waals surface area contributed by atoms with Crippen molar-refractivity contribution in [2.45, 2.75) is 166 Å². The summed E-state index contributed by atoms with van der Waals surface area (Å²) >= 11 is 0. The van der Waals surface area contributed by atoms with Crippen molar-refractivity contribution in [2.24, 2.45) is 16.5 Å². The zero-order valence-corrected chi connectivity index (χ0v) is 55.5. The van der Waals surface area contributed by atoms with E-state index in [1.54, 1.807) is 43.3 Å². The molecule has 3 saturated heterocycles. The number of anilines is 1. The summed E-state index contributed by atoms with van der Waals surface area (Å²) in [6, 6.07) is 8.57. The minimum Gasteiger partial charge on any atom is -0.858 e. The van der Waals surface area contributed by atoms with Gasteiger partial charge in [-0.3, -0.25) is 51.3 Å². The molecule has 26 N–H and O–H groups in total. The molecule has 3 aromatic carbocycles. The van der Waals surface area contributed by atoms with Gasteiger partial charge in [-0.15, -0.1) is 0 Å². The van der Waals surface area contributed by atoms with Gasteiger partial charge in [0, 0.05) is 38.0 Å². The number of aliphatic hydroxyl groups is 14. The van der Waals surface area contributed by atoms with Crippen LogP contribution in [-0.4, -0.2) is 330 Å². The molecule has 6 aliphatic rings. The van der Waals surface area contributed by atoms with Gasteiger partial charge in [0.05, 0.1) is 32.6 Å². The van der Waals surface area contributed by atoms with E-state index in [2.05, 4.69) is 46.9 Å². The highest BCUT2D eigenvalue weighted by atomic mass is 16.7. The highest BCUT2D eigenvalue weighted by Gasteiger charge is 2.55. The number of aliphatic imine (C=N–C) groups is 1. The molecule has 9 rings (SSSR count). The van der Waals surface area contributed by atoms with Gasteiger partial charge in [-0.2, -0.15) is 0 Å². The number of carbonyl (C=O) groups is 4. The molecule has 102 heavy (non-hydrogen) atoms. The van der Waals surface area contributed by atoms with E-state index < -0.39 is 227 Å². The Labute approximate surface area is 582 Å². The Morgan fingerprint density at radius 3 is 1.95 bits per heavy atom. The Hall–Kier alpha value is -8.52. The van der Waals surface area contributed by atoms with E-state index in [-0.39, 0.29) is 36.4 Å². The molecule has 25 atom stereocenters. The summed E-state index contributed by atoms with van der Waals surface area (Å²) in [5, 5.41) is 184. The number of hydrogen-bond acceptors (Lipinski definition) is 30. The molecule has 0 aliphatic carbocycles. The number of benzene rings is 3. The largest absolute Gasteiger partial charge is 0.858 e. The van der Waals surface area contributed by atoms with Crippen LogP contribution in [0.15, 0.2) is 90.1 Å². The topological polar surface area (TPSA) is 601 Å². The minimum absolute atomic E-state index is 0.0641. The summed E-state index contributed by atoms with van der Waals surface area (Å²) in [6.07, 6.45) is -28.3. The first kappa shape index (κ1) is 77.6. The number of nitrogens with two attached hydrogens (primary N) is 2. The van der Waals surface area contributed by atoms with Gasteiger partial charge in [-0.1, -0.05) is 61.5 Å². The van der Waals surface area contributed by atoms with Crippen LogP contribution in [0.25, 0.3) is 6.08 Å². The average Bonchev–Trinajstić information content (AvgIpc) is 1.44. The van der Waals surface area contributed by atoms with E-state index in [0.717, 1.165) is 15.8 Å². The van der Waals surface area contributed by atoms with Crippen molar-refractivity contribution in [1.29, 1.82) is 0 Å². The van der Waals surface area contributed by atoms with E-state index >= 15 is 9.59 Å². The number of aliphatic hydroxyl groups excluding tert-OH is 14. The lowest BCUT2D eigenvalue weighted by Gasteiger charge is -2.45. The van der Waals surface area contributed by atoms with Crippen molar-refractivity contribution in [1.82, 2.24) is 31.9 Å². The summed E-state index contributed by atoms with van der Waals surface area (Å²) in [5.74, 6) is -8.53. The molecule has 0 spiro atoms. The number of rotatable bonds is 21. The summed E-state index contributed by atoms with van der Waals surface area (Å²) in [5.41, 5.74) is 14.7. The van der Waals surface area contributed by atoms with Crippen LogP contribution in [-0.2, 0) is 49.3 Å². The molecular weight excluding hydrogens is 1350 g/mol. The zero-order valence-electron chi connectivity index (χ0n) is 55.5. The first-order chi connectivity index (χ1) is 48.6. The van der Waals surface area contributed by atoms with Crippen LogP contribution in [0.1, 0.15) is 29.5 Å². The SMILES string of the molecule is C[C@H](c1ccccc1)[C@H]1N=C([O-])C[NH+]=C(O)C(CO)NC(=O)[C@@H]([C@H](O)[C@@H]2CNC(N)=[N+]2[C@@H]2O[C@@H](CO)[C@H](O)[C@H](O)[C@@H]2O)NC(=O)[C@H]([C@H](O)[C@@H]2C[NH+]=C(N)N2)NC(=O)[C@@H](Cc2ccc(O[C@H]3O[C@H](CO)[C@@H](O[C@@H]4O[C@@H](CO/C=C\c5ccc(N(C)C)cc5)[C@H](O)[C@H](O)[C@@H]4O)[C@@H](O)[C@H]3O)cc2)NC1=O. The van der Waals surface area contributed by atoms with Crippen molar-refractivity contribution in [3.63, 3.8) is 0 Å². The maximum atomic E-state index is 15.2. The van der Waals surface area contributed by atoms with E-state index in [0.29, 0.717) is 5.56 Å². The summed E-state index contributed by atoms with van der Waals surface area (Å²) in [7, 11) is 3.79. The normalized spacial score (nSPS) is 34.8. The number of guanidine groups is 2. The number of amides is 4. The second kappa shape index (κ2) is 34.6. The molecule has 6 aliphatic heterocycles. The third kappa shape index (κ3) is 18.1. The molecular formula is C64H91N13O25+2. The van der Waals surface area contributed by atoms with Gasteiger partial charge in [-0.25, -0.2) is 9.57 Å². The zero-order chi connectivity index (χ0) is 74.0. The van der Waals surface area contributed by atoms with Crippen molar-refractivity contribution in [3.05, 3.63) is 102 Å². The van der Waals surface area contributed by atoms with Crippen molar-refractivity contribution < 1.29 is 139 Å². The quantitative estimate of drug-likeness (QED) is 0.0348. The molecule has 560 valence electrons. The Bertz CT molecular complexity index is 3490. The lowest BCUT2D eigenvalue weighted by molar-refractivity contribution is -0.663. The number of ether oxygens (including phenoxy) is 6. The van der Waals surface area contributed by atoms with Crippen LogP contribution in [0.2, 0.25) is 0 Å². The first-order valence-electron chi connectivity index (χ1n) is 32.8. The van der Waals surface area contributed by atoms with Crippen LogP contribution < -0.4 is 68.1 Å². The predicted molar refractivity (Wildman–Crippen MR) is 349 cm³/mol. The Morgan fingerprint density at radius 2 is 1.30 bits per heavy atom. The third-order valence-electron chi connectivity index (χ3n) is 18.4. The van der Waals surface area contributed by atoms with E-state index in [9.17, 15) is 86.2 Å². The van der Waals surface area contributed by atoms with Crippen molar-refractivity contribution >= 4 is 59.1 Å². The smallest absolute Gasteiger partial charge is 0.358 e. The molecule has 3 aromatic rings. The van der Waals surface area contributed by atoms with Gasteiger partial charge in [-0.05, 0) is 47.0 Å². The molecule has 6 heterocycles. The van der Waals surface area contributed by atoms with Gasteiger partial charge < -0.3 is 131 Å². The Morgan fingerprint density at radius 1 is 0.686 bits per heavy atom. The van der Waals surface area contributed by atoms with Gasteiger partial charge in [0.25, 0.3) is 0 Å². The van der Waals surface area contributed by atoms with E-state index in [1.807, 2.05) is 43.3 Å². The number of nitrogens with one attached hydrogen (secondary N) is 8. The lowest BCUT2D eigenvalue weighted by atomic mass is 9.92. The maximum Gasteiger partial charge on any atom is 0.358 e. The molecule has 1 unspecified atom stereocenters. The minimum atomic E-state index is -2.30. The summed E-state index contributed by atoms with van der Waals surface area (Å²) in [4.78, 5) is 71.1. The van der Waals surface area contributed by atoms with Gasteiger partial charge in [0.1, 0.15) is 141 Å². The second-order valence-electron chi connectivity index (χ2n) is 25.6. The first-order valence-corrected chi connectivity index (χ1v) is 32.8. The number of carbonyl (C=O) groups excluding carboxylic acids is 4.